The van der Waals surface area contributed by atoms with Crippen molar-refractivity contribution in [3.8, 4) is 6.07 Å². The van der Waals surface area contributed by atoms with Crippen LogP contribution < -0.4 is 5.32 Å². The van der Waals surface area contributed by atoms with E-state index in [0.717, 1.165) is 47.4 Å². The Morgan fingerprint density at radius 2 is 1.83 bits per heavy atom. The van der Waals surface area contributed by atoms with Crippen LogP contribution in [0.5, 0.6) is 0 Å². The third kappa shape index (κ3) is 4.78. The van der Waals surface area contributed by atoms with E-state index >= 15 is 0 Å². The number of pyridine rings is 1. The van der Waals surface area contributed by atoms with Crippen molar-refractivity contribution in [3.63, 3.8) is 0 Å². The maximum absolute atomic E-state index is 9.93. The number of imidazole rings is 1. The summed E-state index contributed by atoms with van der Waals surface area (Å²) < 4.78 is 2.19. The largest absolute Gasteiger partial charge is 0.371 e. The highest BCUT2D eigenvalue weighted by Crippen LogP contribution is 2.32. The van der Waals surface area contributed by atoms with E-state index < -0.39 is 0 Å². The van der Waals surface area contributed by atoms with E-state index in [1.54, 1.807) is 0 Å². The predicted molar refractivity (Wildman–Crippen MR) is 127 cm³/mol. The van der Waals surface area contributed by atoms with Crippen LogP contribution in [0.25, 0.3) is 16.7 Å². The molecular formula is C26H36N4. The summed E-state index contributed by atoms with van der Waals surface area (Å²) >= 11 is 0. The highest BCUT2D eigenvalue weighted by Gasteiger charge is 2.20. The lowest BCUT2D eigenvalue weighted by Crippen LogP contribution is -2.13. The second-order valence-corrected chi connectivity index (χ2v) is 8.83. The van der Waals surface area contributed by atoms with Gasteiger partial charge in [0.15, 0.2) is 5.65 Å². The zero-order valence-electron chi connectivity index (χ0n) is 19.1. The first-order chi connectivity index (χ1) is 14.6. The van der Waals surface area contributed by atoms with Crippen LogP contribution in [0.4, 0.5) is 5.82 Å². The molecule has 0 fully saturated rings. The lowest BCUT2D eigenvalue weighted by Gasteiger charge is -2.19. The molecule has 0 atom stereocenters. The molecule has 4 heteroatoms. The van der Waals surface area contributed by atoms with Gasteiger partial charge in [-0.2, -0.15) is 5.26 Å². The minimum atomic E-state index is 0.622. The van der Waals surface area contributed by atoms with Gasteiger partial charge in [-0.05, 0) is 55.4 Å². The molecule has 2 aromatic heterocycles. The van der Waals surface area contributed by atoms with Crippen LogP contribution in [0.3, 0.4) is 0 Å². The molecule has 3 rings (SSSR count). The van der Waals surface area contributed by atoms with Gasteiger partial charge >= 0.3 is 0 Å². The van der Waals surface area contributed by atoms with Crippen molar-refractivity contribution in [2.24, 2.45) is 5.92 Å². The summed E-state index contributed by atoms with van der Waals surface area (Å²) in [4.78, 5) is 4.82. The van der Waals surface area contributed by atoms with Crippen LogP contribution in [0.2, 0.25) is 0 Å². The van der Waals surface area contributed by atoms with Crippen LogP contribution in [0, 0.1) is 24.2 Å². The number of hydrogen-bond donors (Lipinski definition) is 1. The molecule has 0 unspecified atom stereocenters. The number of unbranched alkanes of at least 4 members (excludes halogenated alkanes) is 5. The third-order valence-electron chi connectivity index (χ3n) is 6.03. The zero-order valence-corrected chi connectivity index (χ0v) is 19.1. The third-order valence-corrected chi connectivity index (χ3v) is 6.03. The maximum atomic E-state index is 9.93. The fourth-order valence-electron chi connectivity index (χ4n) is 4.22. The lowest BCUT2D eigenvalue weighted by atomic mass is 9.96. The first-order valence-electron chi connectivity index (χ1n) is 11.6. The highest BCUT2D eigenvalue weighted by atomic mass is 15.1. The molecular weight excluding hydrogens is 368 g/mol. The van der Waals surface area contributed by atoms with Crippen LogP contribution in [-0.2, 0) is 6.42 Å². The number of anilines is 1. The fourth-order valence-corrected chi connectivity index (χ4v) is 4.22. The molecule has 30 heavy (non-hydrogen) atoms. The second-order valence-electron chi connectivity index (χ2n) is 8.83. The van der Waals surface area contributed by atoms with Gasteiger partial charge in [0.2, 0.25) is 0 Å². The average Bonchev–Trinajstić information content (AvgIpc) is 3.11. The Balaban J connectivity index is 2.00. The summed E-state index contributed by atoms with van der Waals surface area (Å²) in [7, 11) is 0. The van der Waals surface area contributed by atoms with Crippen LogP contribution >= 0.6 is 0 Å². The Labute approximate surface area is 181 Å². The SMILES string of the molecule is CCCCCCCCNc1c(CCC(C)C)c(C)c(C#N)c2nc3ccccc3n12. The van der Waals surface area contributed by atoms with Crippen molar-refractivity contribution >= 4 is 22.5 Å². The van der Waals surface area contributed by atoms with Gasteiger partial charge in [0.05, 0.1) is 16.6 Å². The molecule has 0 amide bonds. The molecule has 1 N–H and O–H groups in total. The van der Waals surface area contributed by atoms with E-state index in [0.29, 0.717) is 11.5 Å². The standard InChI is InChI=1S/C26H36N4/c1-5-6-7-8-9-12-17-28-25-21(16-15-19(2)3)20(4)22(18-27)26-29-23-13-10-11-14-24(23)30(25)26/h10-11,13-14,19,28H,5-9,12,15-17H2,1-4H3. The average molecular weight is 405 g/mol. The van der Waals surface area contributed by atoms with Crippen molar-refractivity contribution in [2.75, 3.05) is 11.9 Å². The molecule has 0 bridgehead atoms. The van der Waals surface area contributed by atoms with Crippen molar-refractivity contribution in [1.29, 1.82) is 5.26 Å². The minimum Gasteiger partial charge on any atom is -0.371 e. The molecule has 0 saturated heterocycles. The predicted octanol–water partition coefficient (Wildman–Crippen LogP) is 7.03. The summed E-state index contributed by atoms with van der Waals surface area (Å²) in [5, 5.41) is 13.7. The first-order valence-corrected chi connectivity index (χ1v) is 11.6. The Morgan fingerprint density at radius 1 is 1.10 bits per heavy atom. The fraction of sp³-hybridized carbons (Fsp3) is 0.538. The number of nitrogens with one attached hydrogen (secondary N) is 1. The molecule has 0 aliphatic rings. The van der Waals surface area contributed by atoms with Gasteiger partial charge in [0, 0.05) is 6.54 Å². The molecule has 0 aliphatic heterocycles. The normalized spacial score (nSPS) is 11.5. The quantitative estimate of drug-likeness (QED) is 0.349. The van der Waals surface area contributed by atoms with Crippen LogP contribution in [0.15, 0.2) is 24.3 Å². The molecule has 1 aromatic carbocycles. The number of para-hydroxylation sites is 2. The summed E-state index contributed by atoms with van der Waals surface area (Å²) in [6.45, 7) is 9.82. The Bertz CT molecular complexity index is 1020. The topological polar surface area (TPSA) is 53.1 Å². The van der Waals surface area contributed by atoms with E-state index in [-0.39, 0.29) is 0 Å². The van der Waals surface area contributed by atoms with Crippen molar-refractivity contribution in [2.45, 2.75) is 79.1 Å². The van der Waals surface area contributed by atoms with Crippen molar-refractivity contribution in [1.82, 2.24) is 9.38 Å². The molecule has 0 saturated carbocycles. The number of hydrogen-bond acceptors (Lipinski definition) is 3. The molecule has 0 aliphatic carbocycles. The van der Waals surface area contributed by atoms with Crippen molar-refractivity contribution < 1.29 is 0 Å². The molecule has 0 radical (unpaired) electrons. The van der Waals surface area contributed by atoms with E-state index in [1.807, 2.05) is 18.2 Å². The Hall–Kier alpha value is -2.54. The number of fused-ring (bicyclic) bond motifs is 3. The number of nitrogens with zero attached hydrogens (tertiary/aromatic N) is 3. The zero-order chi connectivity index (χ0) is 21.5. The first kappa shape index (κ1) is 22.2. The molecule has 0 spiro atoms. The molecule has 160 valence electrons. The Morgan fingerprint density at radius 3 is 2.57 bits per heavy atom. The number of aromatic nitrogens is 2. The summed E-state index contributed by atoms with van der Waals surface area (Å²) in [5.41, 5.74) is 5.83. The second kappa shape index (κ2) is 10.5. The maximum Gasteiger partial charge on any atom is 0.157 e. The monoisotopic (exact) mass is 404 g/mol. The van der Waals surface area contributed by atoms with Gasteiger partial charge in [0.25, 0.3) is 0 Å². The van der Waals surface area contributed by atoms with Gasteiger partial charge in [-0.25, -0.2) is 4.98 Å². The smallest absolute Gasteiger partial charge is 0.157 e. The lowest BCUT2D eigenvalue weighted by molar-refractivity contribution is 0.585. The van der Waals surface area contributed by atoms with E-state index in [4.69, 9.17) is 4.98 Å². The summed E-state index contributed by atoms with van der Waals surface area (Å²) in [5.74, 6) is 1.75. The molecule has 3 aromatic rings. The van der Waals surface area contributed by atoms with Gasteiger partial charge < -0.3 is 5.32 Å². The summed E-state index contributed by atoms with van der Waals surface area (Å²) in [6.07, 6.45) is 9.78. The number of nitriles is 1. The van der Waals surface area contributed by atoms with Gasteiger partial charge in [-0.3, -0.25) is 4.40 Å². The Kier molecular flexibility index (Phi) is 7.74. The molecule has 4 nitrogen and oxygen atoms in total. The molecule has 2 heterocycles. The van der Waals surface area contributed by atoms with Crippen LogP contribution in [0.1, 0.15) is 82.4 Å². The highest BCUT2D eigenvalue weighted by molar-refractivity contribution is 5.86. The van der Waals surface area contributed by atoms with Crippen molar-refractivity contribution in [3.05, 3.63) is 41.0 Å². The summed E-state index contributed by atoms with van der Waals surface area (Å²) in [6, 6.07) is 10.6. The number of rotatable bonds is 11. The van der Waals surface area contributed by atoms with E-state index in [2.05, 4.69) is 49.5 Å². The van der Waals surface area contributed by atoms with Gasteiger partial charge in [-0.1, -0.05) is 65.0 Å². The number of benzene rings is 1. The van der Waals surface area contributed by atoms with Gasteiger partial charge in [-0.15, -0.1) is 0 Å². The van der Waals surface area contributed by atoms with Crippen LogP contribution in [-0.4, -0.2) is 15.9 Å². The van der Waals surface area contributed by atoms with E-state index in [1.165, 1.54) is 44.1 Å². The van der Waals surface area contributed by atoms with Gasteiger partial charge in [0.1, 0.15) is 11.9 Å². The minimum absolute atomic E-state index is 0.622. The van der Waals surface area contributed by atoms with E-state index in [9.17, 15) is 5.26 Å².